The summed E-state index contributed by atoms with van der Waals surface area (Å²) in [5.41, 5.74) is 0.988. The standard InChI is InChI=1S/C16H20N4O3S2/c1-3-17-15(23)18-12(21)8(2)24-16-19-13(22)11-9-6-4-5-7-10(9)25-14(11)20-16/h8H,3-7H2,1-2H3,(H,19,20,22)(H2,17,18,21,23)/t8-/m0/s1. The molecule has 2 aromatic heterocycles. The second kappa shape index (κ2) is 7.57. The molecule has 9 heteroatoms. The molecule has 3 rings (SSSR count). The maximum Gasteiger partial charge on any atom is 0.321 e. The van der Waals surface area contributed by atoms with E-state index in [1.165, 1.54) is 4.88 Å². The number of nitrogens with zero attached hydrogens (tertiary/aromatic N) is 1. The van der Waals surface area contributed by atoms with Crippen LogP contribution >= 0.6 is 23.1 Å². The van der Waals surface area contributed by atoms with E-state index < -0.39 is 17.2 Å². The normalized spacial score (nSPS) is 14.8. The first-order valence-corrected chi connectivity index (χ1v) is 9.99. The van der Waals surface area contributed by atoms with Crippen LogP contribution in [0.15, 0.2) is 9.95 Å². The molecule has 0 aliphatic heterocycles. The highest BCUT2D eigenvalue weighted by atomic mass is 32.2. The number of aromatic amines is 1. The lowest BCUT2D eigenvalue weighted by Crippen LogP contribution is -2.42. The van der Waals surface area contributed by atoms with Crippen molar-refractivity contribution >= 4 is 45.3 Å². The maximum atomic E-state index is 12.5. The van der Waals surface area contributed by atoms with Crippen molar-refractivity contribution < 1.29 is 9.59 Å². The van der Waals surface area contributed by atoms with E-state index in [1.807, 2.05) is 0 Å². The topological polar surface area (TPSA) is 104 Å². The van der Waals surface area contributed by atoms with E-state index in [-0.39, 0.29) is 5.56 Å². The number of carbonyl (C=O) groups is 2. The lowest BCUT2D eigenvalue weighted by Gasteiger charge is -2.11. The molecular formula is C16H20N4O3S2. The largest absolute Gasteiger partial charge is 0.338 e. The number of thiophene rings is 1. The smallest absolute Gasteiger partial charge is 0.321 e. The van der Waals surface area contributed by atoms with Gasteiger partial charge in [-0.3, -0.25) is 14.9 Å². The van der Waals surface area contributed by atoms with E-state index in [0.29, 0.717) is 17.1 Å². The molecule has 0 aromatic carbocycles. The molecule has 1 atom stereocenters. The molecule has 2 heterocycles. The first-order chi connectivity index (χ1) is 12.0. The third kappa shape index (κ3) is 3.87. The molecule has 0 saturated carbocycles. The third-order valence-electron chi connectivity index (χ3n) is 4.04. The Labute approximate surface area is 153 Å². The minimum atomic E-state index is -0.558. The summed E-state index contributed by atoms with van der Waals surface area (Å²) < 4.78 is 0. The highest BCUT2D eigenvalue weighted by molar-refractivity contribution is 8.00. The Morgan fingerprint density at radius 2 is 2.12 bits per heavy atom. The number of nitrogens with one attached hydrogen (secondary N) is 3. The molecule has 0 unspecified atom stereocenters. The van der Waals surface area contributed by atoms with Gasteiger partial charge in [-0.2, -0.15) is 0 Å². The zero-order valence-electron chi connectivity index (χ0n) is 14.1. The summed E-state index contributed by atoms with van der Waals surface area (Å²) in [6, 6.07) is -0.525. The van der Waals surface area contributed by atoms with Crippen LogP contribution in [0.25, 0.3) is 10.2 Å². The van der Waals surface area contributed by atoms with Crippen LogP contribution in [0.3, 0.4) is 0 Å². The van der Waals surface area contributed by atoms with Gasteiger partial charge in [0.25, 0.3) is 5.56 Å². The van der Waals surface area contributed by atoms with Crippen molar-refractivity contribution in [2.24, 2.45) is 0 Å². The number of amides is 3. The minimum absolute atomic E-state index is 0.150. The van der Waals surface area contributed by atoms with Crippen LogP contribution in [0.5, 0.6) is 0 Å². The van der Waals surface area contributed by atoms with Crippen molar-refractivity contribution in [2.75, 3.05) is 6.54 Å². The second-order valence-corrected chi connectivity index (χ2v) is 8.28. The van der Waals surface area contributed by atoms with E-state index in [2.05, 4.69) is 20.6 Å². The van der Waals surface area contributed by atoms with Gasteiger partial charge in [-0.15, -0.1) is 11.3 Å². The lowest BCUT2D eigenvalue weighted by atomic mass is 9.97. The van der Waals surface area contributed by atoms with Gasteiger partial charge in [0, 0.05) is 11.4 Å². The van der Waals surface area contributed by atoms with Crippen LogP contribution in [0.4, 0.5) is 4.79 Å². The van der Waals surface area contributed by atoms with Gasteiger partial charge in [0.05, 0.1) is 10.6 Å². The zero-order valence-corrected chi connectivity index (χ0v) is 15.7. The molecular weight excluding hydrogens is 360 g/mol. The van der Waals surface area contributed by atoms with Crippen LogP contribution in [0.2, 0.25) is 0 Å². The highest BCUT2D eigenvalue weighted by Gasteiger charge is 2.22. The fourth-order valence-electron chi connectivity index (χ4n) is 2.84. The van der Waals surface area contributed by atoms with Gasteiger partial charge in [0.1, 0.15) is 4.83 Å². The van der Waals surface area contributed by atoms with Gasteiger partial charge < -0.3 is 10.3 Å². The summed E-state index contributed by atoms with van der Waals surface area (Å²) in [4.78, 5) is 45.2. The van der Waals surface area contributed by atoms with Gasteiger partial charge in [0.15, 0.2) is 5.16 Å². The van der Waals surface area contributed by atoms with Crippen molar-refractivity contribution in [3.63, 3.8) is 0 Å². The van der Waals surface area contributed by atoms with Crippen LogP contribution < -0.4 is 16.2 Å². The van der Waals surface area contributed by atoms with Crippen LogP contribution in [-0.2, 0) is 17.6 Å². The summed E-state index contributed by atoms with van der Waals surface area (Å²) in [5, 5.41) is 5.31. The van der Waals surface area contributed by atoms with Gasteiger partial charge in [0.2, 0.25) is 5.91 Å². The van der Waals surface area contributed by atoms with E-state index in [9.17, 15) is 14.4 Å². The average Bonchev–Trinajstić information content (AvgIpc) is 2.93. The number of hydrogen-bond acceptors (Lipinski definition) is 6. The molecule has 3 N–H and O–H groups in total. The summed E-state index contributed by atoms with van der Waals surface area (Å²) in [5.74, 6) is -0.427. The SMILES string of the molecule is CCNC(=O)NC(=O)[C@H](C)Sc1nc2sc3c(c2c(=O)[nH]1)CCCC3. The molecule has 0 saturated heterocycles. The number of carbonyl (C=O) groups excluding carboxylic acids is 2. The second-order valence-electron chi connectivity index (χ2n) is 5.87. The molecule has 134 valence electrons. The van der Waals surface area contributed by atoms with Gasteiger partial charge in [-0.25, -0.2) is 9.78 Å². The Bertz CT molecular complexity index is 874. The fourth-order valence-corrected chi connectivity index (χ4v) is 4.96. The number of fused-ring (bicyclic) bond motifs is 3. The number of aromatic nitrogens is 2. The quantitative estimate of drug-likeness (QED) is 0.557. The third-order valence-corrected chi connectivity index (χ3v) is 6.20. The molecule has 0 fully saturated rings. The molecule has 3 amide bonds. The summed E-state index contributed by atoms with van der Waals surface area (Å²) in [6.07, 6.45) is 4.18. The summed E-state index contributed by atoms with van der Waals surface area (Å²) >= 11 is 2.71. The molecule has 0 radical (unpaired) electrons. The van der Waals surface area contributed by atoms with Crippen LogP contribution in [0, 0.1) is 0 Å². The lowest BCUT2D eigenvalue weighted by molar-refractivity contribution is -0.119. The zero-order chi connectivity index (χ0) is 18.0. The van der Waals surface area contributed by atoms with Crippen LogP contribution in [0.1, 0.15) is 37.1 Å². The Hall–Kier alpha value is -1.87. The van der Waals surface area contributed by atoms with Crippen LogP contribution in [-0.4, -0.2) is 33.7 Å². The molecule has 1 aliphatic rings. The van der Waals surface area contributed by atoms with E-state index in [1.54, 1.807) is 25.2 Å². The molecule has 1 aliphatic carbocycles. The maximum absolute atomic E-state index is 12.5. The molecule has 25 heavy (non-hydrogen) atoms. The monoisotopic (exact) mass is 380 g/mol. The van der Waals surface area contributed by atoms with Gasteiger partial charge in [-0.1, -0.05) is 11.8 Å². The first-order valence-electron chi connectivity index (χ1n) is 8.29. The molecule has 2 aromatic rings. The Kier molecular flexibility index (Phi) is 5.43. The van der Waals surface area contributed by atoms with E-state index in [4.69, 9.17) is 0 Å². The number of imide groups is 1. The van der Waals surface area contributed by atoms with E-state index in [0.717, 1.165) is 47.8 Å². The predicted molar refractivity (Wildman–Crippen MR) is 99.4 cm³/mol. The Morgan fingerprint density at radius 1 is 1.36 bits per heavy atom. The molecule has 0 spiro atoms. The molecule has 7 nitrogen and oxygen atoms in total. The number of hydrogen-bond donors (Lipinski definition) is 3. The fraction of sp³-hybridized carbons (Fsp3) is 0.500. The van der Waals surface area contributed by atoms with E-state index >= 15 is 0 Å². The van der Waals surface area contributed by atoms with Gasteiger partial charge >= 0.3 is 6.03 Å². The number of urea groups is 1. The van der Waals surface area contributed by atoms with Crippen molar-refractivity contribution in [2.45, 2.75) is 49.9 Å². The van der Waals surface area contributed by atoms with Crippen molar-refractivity contribution in [3.8, 4) is 0 Å². The summed E-state index contributed by atoms with van der Waals surface area (Å²) in [7, 11) is 0. The highest BCUT2D eigenvalue weighted by Crippen LogP contribution is 2.34. The van der Waals surface area contributed by atoms with Gasteiger partial charge in [-0.05, 0) is 45.1 Å². The average molecular weight is 380 g/mol. The predicted octanol–water partition coefficient (Wildman–Crippen LogP) is 2.19. The Morgan fingerprint density at radius 3 is 2.88 bits per heavy atom. The van der Waals surface area contributed by atoms with Crippen molar-refractivity contribution in [1.29, 1.82) is 0 Å². The summed E-state index contributed by atoms with van der Waals surface area (Å²) in [6.45, 7) is 3.88. The first kappa shape index (κ1) is 17.9. The number of rotatable bonds is 4. The number of H-pyrrole nitrogens is 1. The Balaban J connectivity index is 1.79. The van der Waals surface area contributed by atoms with Crippen molar-refractivity contribution in [3.05, 3.63) is 20.8 Å². The van der Waals surface area contributed by atoms with Crippen molar-refractivity contribution in [1.82, 2.24) is 20.6 Å². The molecule has 0 bridgehead atoms. The number of aryl methyl sites for hydroxylation is 2. The minimum Gasteiger partial charge on any atom is -0.338 e. The number of thioether (sulfide) groups is 1.